The minimum atomic E-state index is -0.235. The van der Waals surface area contributed by atoms with E-state index in [2.05, 4.69) is 11.8 Å². The van der Waals surface area contributed by atoms with Gasteiger partial charge in [0.05, 0.1) is 19.8 Å². The van der Waals surface area contributed by atoms with Gasteiger partial charge < -0.3 is 14.4 Å². The van der Waals surface area contributed by atoms with Gasteiger partial charge >= 0.3 is 5.97 Å². The Hall–Kier alpha value is -1.14. The van der Waals surface area contributed by atoms with Crippen LogP contribution >= 0.6 is 0 Å². The minimum absolute atomic E-state index is 0.113. The van der Waals surface area contributed by atoms with Gasteiger partial charge in [-0.25, -0.2) is 0 Å². The lowest BCUT2D eigenvalue weighted by atomic mass is 10.1. The summed E-state index contributed by atoms with van der Waals surface area (Å²) < 4.78 is 11.2. The van der Waals surface area contributed by atoms with Gasteiger partial charge in [0.15, 0.2) is 0 Å². The zero-order chi connectivity index (χ0) is 20.7. The van der Waals surface area contributed by atoms with Crippen LogP contribution in [0.5, 0.6) is 0 Å². The van der Waals surface area contributed by atoms with E-state index < -0.39 is 0 Å². The summed E-state index contributed by atoms with van der Waals surface area (Å²) in [6.07, 6.45) is 12.9. The number of nitrogens with zero attached hydrogens (tertiary/aromatic N) is 2. The average molecular weight is 411 g/mol. The predicted octanol–water partition coefficient (Wildman–Crippen LogP) is 3.77. The van der Waals surface area contributed by atoms with Crippen molar-refractivity contribution in [3.63, 3.8) is 0 Å². The summed E-state index contributed by atoms with van der Waals surface area (Å²) in [5.74, 6) is 0.0739. The molecule has 1 atom stereocenters. The number of carbonyl (C=O) groups excluding carboxylic acids is 2. The molecule has 0 aliphatic carbocycles. The second-order valence-electron chi connectivity index (χ2n) is 8.55. The van der Waals surface area contributed by atoms with Crippen molar-refractivity contribution in [1.82, 2.24) is 9.80 Å². The maximum atomic E-state index is 12.4. The average Bonchev–Trinajstić information content (AvgIpc) is 3.12. The maximum Gasteiger partial charge on any atom is 0.306 e. The lowest BCUT2D eigenvalue weighted by Crippen LogP contribution is -2.46. The molecular formula is C23H42N2O4. The molecule has 2 saturated heterocycles. The van der Waals surface area contributed by atoms with Gasteiger partial charge in [0.1, 0.15) is 6.10 Å². The first-order chi connectivity index (χ1) is 14.2. The van der Waals surface area contributed by atoms with Crippen LogP contribution in [0.25, 0.3) is 0 Å². The van der Waals surface area contributed by atoms with Crippen molar-refractivity contribution in [3.05, 3.63) is 0 Å². The van der Waals surface area contributed by atoms with Crippen LogP contribution in [0.3, 0.4) is 0 Å². The van der Waals surface area contributed by atoms with Crippen molar-refractivity contribution in [2.75, 3.05) is 45.9 Å². The molecule has 2 fully saturated rings. The quantitative estimate of drug-likeness (QED) is 0.304. The molecule has 0 aromatic rings. The molecule has 1 unspecified atom stereocenters. The van der Waals surface area contributed by atoms with Crippen LogP contribution in [-0.2, 0) is 19.1 Å². The Morgan fingerprint density at radius 3 is 2.24 bits per heavy atom. The normalized spacial score (nSPS) is 18.9. The summed E-state index contributed by atoms with van der Waals surface area (Å²) in [5, 5.41) is 0. The minimum Gasteiger partial charge on any atom is -0.459 e. The summed E-state index contributed by atoms with van der Waals surface area (Å²) >= 11 is 0. The molecule has 29 heavy (non-hydrogen) atoms. The molecule has 0 aromatic carbocycles. The summed E-state index contributed by atoms with van der Waals surface area (Å²) in [6, 6.07) is 0. The largest absolute Gasteiger partial charge is 0.459 e. The Kier molecular flexibility index (Phi) is 12.3. The molecule has 2 rings (SSSR count). The van der Waals surface area contributed by atoms with Gasteiger partial charge in [-0.05, 0) is 12.8 Å². The number of likely N-dealkylation sites (tertiary alicyclic amines) is 1. The Bertz CT molecular complexity index is 466. The molecule has 2 heterocycles. The van der Waals surface area contributed by atoms with Gasteiger partial charge in [-0.1, -0.05) is 58.3 Å². The zero-order valence-corrected chi connectivity index (χ0v) is 18.5. The molecule has 0 radical (unpaired) electrons. The van der Waals surface area contributed by atoms with Gasteiger partial charge in [0.25, 0.3) is 0 Å². The highest BCUT2D eigenvalue weighted by molar-refractivity contribution is 5.78. The highest BCUT2D eigenvalue weighted by atomic mass is 16.5. The fraction of sp³-hybridized carbons (Fsp3) is 0.913. The molecule has 0 aromatic heterocycles. The standard InChI is InChI=1S/C23H42N2O4/c1-2-3-4-5-6-7-8-9-10-13-23(27)29-21(19-24-15-17-28-18-16-24)20-25-14-11-12-22(25)26/h21H,2-20H2,1H3. The van der Waals surface area contributed by atoms with Crippen LogP contribution in [0.1, 0.15) is 84.0 Å². The van der Waals surface area contributed by atoms with E-state index in [1.807, 2.05) is 4.90 Å². The van der Waals surface area contributed by atoms with E-state index in [1.54, 1.807) is 0 Å². The molecule has 0 bridgehead atoms. The first kappa shape index (κ1) is 24.1. The van der Waals surface area contributed by atoms with Crippen molar-refractivity contribution in [1.29, 1.82) is 0 Å². The summed E-state index contributed by atoms with van der Waals surface area (Å²) in [6.45, 7) is 7.42. The van der Waals surface area contributed by atoms with Crippen molar-refractivity contribution < 1.29 is 19.1 Å². The highest BCUT2D eigenvalue weighted by Gasteiger charge is 2.27. The number of hydrogen-bond donors (Lipinski definition) is 0. The van der Waals surface area contributed by atoms with E-state index in [0.717, 1.165) is 52.1 Å². The van der Waals surface area contributed by atoms with Crippen LogP contribution in [-0.4, -0.2) is 73.7 Å². The Morgan fingerprint density at radius 2 is 1.62 bits per heavy atom. The van der Waals surface area contributed by atoms with Crippen LogP contribution in [0.15, 0.2) is 0 Å². The van der Waals surface area contributed by atoms with E-state index in [0.29, 0.717) is 25.9 Å². The third-order valence-corrected chi connectivity index (χ3v) is 5.94. The maximum absolute atomic E-state index is 12.4. The van der Waals surface area contributed by atoms with Crippen molar-refractivity contribution in [3.8, 4) is 0 Å². The number of ether oxygens (including phenoxy) is 2. The first-order valence-corrected chi connectivity index (χ1v) is 12.0. The van der Waals surface area contributed by atoms with Crippen LogP contribution in [0.2, 0.25) is 0 Å². The number of hydrogen-bond acceptors (Lipinski definition) is 5. The molecule has 2 aliphatic heterocycles. The number of morpholine rings is 1. The summed E-state index contributed by atoms with van der Waals surface area (Å²) in [7, 11) is 0. The second kappa shape index (κ2) is 14.8. The third-order valence-electron chi connectivity index (χ3n) is 5.94. The number of esters is 1. The SMILES string of the molecule is CCCCCCCCCCCC(=O)OC(CN1CCOCC1)CN1CCCC1=O. The summed E-state index contributed by atoms with van der Waals surface area (Å²) in [4.78, 5) is 28.5. The van der Waals surface area contributed by atoms with Gasteiger partial charge in [-0.15, -0.1) is 0 Å². The molecule has 6 heteroatoms. The lowest BCUT2D eigenvalue weighted by Gasteiger charge is -2.32. The summed E-state index contributed by atoms with van der Waals surface area (Å²) in [5.41, 5.74) is 0. The van der Waals surface area contributed by atoms with E-state index in [-0.39, 0.29) is 18.0 Å². The van der Waals surface area contributed by atoms with Gasteiger partial charge in [-0.3, -0.25) is 14.5 Å². The van der Waals surface area contributed by atoms with E-state index in [9.17, 15) is 9.59 Å². The highest BCUT2D eigenvalue weighted by Crippen LogP contribution is 2.14. The Morgan fingerprint density at radius 1 is 0.966 bits per heavy atom. The van der Waals surface area contributed by atoms with E-state index in [1.165, 1.54) is 44.9 Å². The van der Waals surface area contributed by atoms with Gasteiger partial charge in [0, 0.05) is 39.0 Å². The van der Waals surface area contributed by atoms with Crippen LogP contribution in [0.4, 0.5) is 0 Å². The van der Waals surface area contributed by atoms with Crippen molar-refractivity contribution in [2.24, 2.45) is 0 Å². The van der Waals surface area contributed by atoms with E-state index in [4.69, 9.17) is 9.47 Å². The molecule has 6 nitrogen and oxygen atoms in total. The Balaban J connectivity index is 1.64. The fourth-order valence-corrected chi connectivity index (χ4v) is 4.17. The van der Waals surface area contributed by atoms with Gasteiger partial charge in [0.2, 0.25) is 5.91 Å². The molecule has 2 aliphatic rings. The smallest absolute Gasteiger partial charge is 0.306 e. The Labute approximate surface area is 177 Å². The molecule has 168 valence electrons. The number of rotatable bonds is 15. The molecular weight excluding hydrogens is 368 g/mol. The number of amides is 1. The van der Waals surface area contributed by atoms with Crippen LogP contribution in [0, 0.1) is 0 Å². The van der Waals surface area contributed by atoms with E-state index >= 15 is 0 Å². The molecule has 0 spiro atoms. The topological polar surface area (TPSA) is 59.1 Å². The zero-order valence-electron chi connectivity index (χ0n) is 18.5. The monoisotopic (exact) mass is 410 g/mol. The second-order valence-corrected chi connectivity index (χ2v) is 8.55. The number of unbranched alkanes of at least 4 members (excludes halogenated alkanes) is 8. The first-order valence-electron chi connectivity index (χ1n) is 12.0. The van der Waals surface area contributed by atoms with Crippen molar-refractivity contribution >= 4 is 11.9 Å². The van der Waals surface area contributed by atoms with Crippen molar-refractivity contribution in [2.45, 2.75) is 90.1 Å². The fourth-order valence-electron chi connectivity index (χ4n) is 4.17. The predicted molar refractivity (Wildman–Crippen MR) is 115 cm³/mol. The molecule has 1 amide bonds. The third kappa shape index (κ3) is 10.4. The molecule has 0 N–H and O–H groups in total. The molecule has 0 saturated carbocycles. The number of carbonyl (C=O) groups is 2. The lowest BCUT2D eigenvalue weighted by molar-refractivity contribution is -0.153. The van der Waals surface area contributed by atoms with Crippen LogP contribution < -0.4 is 0 Å². The van der Waals surface area contributed by atoms with Gasteiger partial charge in [-0.2, -0.15) is 0 Å².